The summed E-state index contributed by atoms with van der Waals surface area (Å²) in [7, 11) is 1.71. The molecule has 0 spiro atoms. The lowest BCUT2D eigenvalue weighted by Crippen LogP contribution is -2.32. The van der Waals surface area contributed by atoms with Crippen LogP contribution >= 0.6 is 0 Å². The molecule has 0 unspecified atom stereocenters. The summed E-state index contributed by atoms with van der Waals surface area (Å²) in [6, 6.07) is 8.83. The van der Waals surface area contributed by atoms with Crippen molar-refractivity contribution in [3.05, 3.63) is 54.2 Å². The van der Waals surface area contributed by atoms with Crippen LogP contribution < -0.4 is 5.32 Å². The number of hydrogen-bond donors (Lipinski definition) is 1. The first-order valence-electron chi connectivity index (χ1n) is 6.39. The molecule has 0 atom stereocenters. The Morgan fingerprint density at radius 2 is 2.00 bits per heavy atom. The van der Waals surface area contributed by atoms with Crippen molar-refractivity contribution < 1.29 is 9.59 Å². The fourth-order valence-corrected chi connectivity index (χ4v) is 2.06. The second-order valence-corrected chi connectivity index (χ2v) is 4.56. The van der Waals surface area contributed by atoms with Gasteiger partial charge in [0.15, 0.2) is 11.5 Å². The average molecular weight is 283 g/mol. The van der Waals surface area contributed by atoms with Gasteiger partial charge in [-0.2, -0.15) is 0 Å². The van der Waals surface area contributed by atoms with Crippen LogP contribution in [0.15, 0.2) is 42.7 Å². The molecule has 0 aliphatic rings. The van der Waals surface area contributed by atoms with Gasteiger partial charge in [-0.25, -0.2) is 0 Å². The van der Waals surface area contributed by atoms with E-state index in [1.807, 2.05) is 18.2 Å². The van der Waals surface area contributed by atoms with Gasteiger partial charge in [0.1, 0.15) is 0 Å². The van der Waals surface area contributed by atoms with Crippen LogP contribution in [0.2, 0.25) is 0 Å². The van der Waals surface area contributed by atoms with Gasteiger partial charge in [-0.15, -0.1) is 10.2 Å². The van der Waals surface area contributed by atoms with Gasteiger partial charge in [0.2, 0.25) is 0 Å². The van der Waals surface area contributed by atoms with Gasteiger partial charge in [0.25, 0.3) is 11.7 Å². The van der Waals surface area contributed by atoms with Crippen LogP contribution in [0.5, 0.6) is 0 Å². The number of rotatable bonds is 4. The second-order valence-electron chi connectivity index (χ2n) is 4.56. The largest absolute Gasteiger partial charge is 0.348 e. The van der Waals surface area contributed by atoms with E-state index in [9.17, 15) is 9.59 Å². The van der Waals surface area contributed by atoms with Crippen molar-refractivity contribution in [1.29, 1.82) is 0 Å². The van der Waals surface area contributed by atoms with E-state index < -0.39 is 11.7 Å². The number of Topliss-reactive ketones (excluding diaryl/α,β-unsaturated/α-hetero) is 1. The van der Waals surface area contributed by atoms with Gasteiger partial charge in [-0.1, -0.05) is 6.07 Å². The predicted octanol–water partition coefficient (Wildman–Crippen LogP) is 0.567. The summed E-state index contributed by atoms with van der Waals surface area (Å²) in [5.74, 6) is -0.667. The Balaban J connectivity index is 1.72. The van der Waals surface area contributed by atoms with Crippen LogP contribution in [0.4, 0.5) is 0 Å². The van der Waals surface area contributed by atoms with Gasteiger partial charge in [-0.05, 0) is 24.3 Å². The quantitative estimate of drug-likeness (QED) is 0.560. The Hall–Kier alpha value is -2.96. The van der Waals surface area contributed by atoms with Crippen LogP contribution in [0.3, 0.4) is 0 Å². The predicted molar refractivity (Wildman–Crippen MR) is 74.6 cm³/mol. The molecule has 0 saturated carbocycles. The maximum Gasteiger partial charge on any atom is 0.294 e. The minimum absolute atomic E-state index is 0.139. The number of carbonyl (C=O) groups is 2. The monoisotopic (exact) mass is 283 g/mol. The molecule has 0 aromatic carbocycles. The van der Waals surface area contributed by atoms with Gasteiger partial charge >= 0.3 is 0 Å². The third-order valence-electron chi connectivity index (χ3n) is 3.17. The number of fused-ring (bicyclic) bond motifs is 1. The summed E-state index contributed by atoms with van der Waals surface area (Å²) >= 11 is 0. The third-order valence-corrected chi connectivity index (χ3v) is 3.17. The van der Waals surface area contributed by atoms with Crippen LogP contribution in [0, 0.1) is 0 Å². The van der Waals surface area contributed by atoms with E-state index in [-0.39, 0.29) is 6.54 Å². The van der Waals surface area contributed by atoms with Crippen molar-refractivity contribution in [3.63, 3.8) is 0 Å². The molecule has 3 aromatic heterocycles. The van der Waals surface area contributed by atoms with Gasteiger partial charge < -0.3 is 9.88 Å². The van der Waals surface area contributed by atoms with E-state index in [2.05, 4.69) is 15.5 Å². The maximum atomic E-state index is 12.0. The molecule has 0 saturated heterocycles. The molecule has 7 nitrogen and oxygen atoms in total. The Morgan fingerprint density at radius 1 is 1.14 bits per heavy atom. The smallest absolute Gasteiger partial charge is 0.294 e. The molecule has 21 heavy (non-hydrogen) atoms. The Labute approximate surface area is 120 Å². The number of amides is 1. The van der Waals surface area contributed by atoms with Crippen LogP contribution in [-0.2, 0) is 18.4 Å². The number of carbonyl (C=O) groups excluding carboxylic acids is 2. The third kappa shape index (κ3) is 2.40. The first kappa shape index (κ1) is 13.0. The Bertz CT molecular complexity index is 818. The van der Waals surface area contributed by atoms with Crippen molar-refractivity contribution in [2.45, 2.75) is 6.54 Å². The standard InChI is InChI=1S/C14H13N5O2/c1-18-7-4-5-10(18)13(20)14(21)15-9-12-17-16-11-6-2-3-8-19(11)12/h2-8H,9H2,1H3,(H,15,21). The highest BCUT2D eigenvalue weighted by Gasteiger charge is 2.18. The fourth-order valence-electron chi connectivity index (χ4n) is 2.06. The highest BCUT2D eigenvalue weighted by atomic mass is 16.2. The van der Waals surface area contributed by atoms with Crippen LogP contribution in [-0.4, -0.2) is 30.9 Å². The Morgan fingerprint density at radius 3 is 2.76 bits per heavy atom. The number of ketones is 1. The van der Waals surface area contributed by atoms with E-state index in [4.69, 9.17) is 0 Å². The molecule has 0 radical (unpaired) electrons. The van der Waals surface area contributed by atoms with Crippen molar-refractivity contribution >= 4 is 17.3 Å². The van der Waals surface area contributed by atoms with E-state index in [1.165, 1.54) is 0 Å². The molecule has 3 aromatic rings. The molecule has 0 aliphatic heterocycles. The summed E-state index contributed by atoms with van der Waals surface area (Å²) in [6.45, 7) is 0.139. The van der Waals surface area contributed by atoms with E-state index in [0.717, 1.165) is 0 Å². The highest BCUT2D eigenvalue weighted by molar-refractivity contribution is 6.42. The van der Waals surface area contributed by atoms with Crippen LogP contribution in [0.25, 0.3) is 5.65 Å². The summed E-state index contributed by atoms with van der Waals surface area (Å²) in [4.78, 5) is 23.9. The maximum absolute atomic E-state index is 12.0. The number of aryl methyl sites for hydroxylation is 1. The molecule has 106 valence electrons. The molecular weight excluding hydrogens is 270 g/mol. The summed E-state index contributed by atoms with van der Waals surface area (Å²) in [5.41, 5.74) is 1.04. The first-order chi connectivity index (χ1) is 10.2. The molecule has 3 rings (SSSR count). The molecule has 0 fully saturated rings. The molecule has 1 N–H and O–H groups in total. The van der Waals surface area contributed by atoms with Gasteiger partial charge in [0.05, 0.1) is 12.2 Å². The van der Waals surface area contributed by atoms with E-state index in [0.29, 0.717) is 17.2 Å². The molecule has 3 heterocycles. The summed E-state index contributed by atoms with van der Waals surface area (Å²) in [6.07, 6.45) is 3.52. The van der Waals surface area contributed by atoms with E-state index >= 15 is 0 Å². The highest BCUT2D eigenvalue weighted by Crippen LogP contribution is 2.04. The van der Waals surface area contributed by atoms with Crippen LogP contribution in [0.1, 0.15) is 16.3 Å². The molecule has 0 aliphatic carbocycles. The van der Waals surface area contributed by atoms with Gasteiger partial charge in [-0.3, -0.25) is 14.0 Å². The lowest BCUT2D eigenvalue weighted by molar-refractivity contribution is -0.117. The molecule has 0 bridgehead atoms. The van der Waals surface area contributed by atoms with Crippen molar-refractivity contribution in [1.82, 2.24) is 24.5 Å². The molecule has 7 heteroatoms. The lowest BCUT2D eigenvalue weighted by atomic mass is 10.2. The molecular formula is C14H13N5O2. The minimum Gasteiger partial charge on any atom is -0.348 e. The zero-order chi connectivity index (χ0) is 14.8. The van der Waals surface area contributed by atoms with Crippen molar-refractivity contribution in [3.8, 4) is 0 Å². The zero-order valence-corrected chi connectivity index (χ0v) is 11.4. The number of nitrogens with zero attached hydrogens (tertiary/aromatic N) is 4. The SMILES string of the molecule is Cn1cccc1C(=O)C(=O)NCc1nnc2ccccn12. The zero-order valence-electron chi connectivity index (χ0n) is 11.4. The van der Waals surface area contributed by atoms with E-state index in [1.54, 1.807) is 40.5 Å². The molecule has 1 amide bonds. The Kier molecular flexibility index (Phi) is 3.23. The van der Waals surface area contributed by atoms with Gasteiger partial charge in [0, 0.05) is 19.4 Å². The summed E-state index contributed by atoms with van der Waals surface area (Å²) < 4.78 is 3.36. The normalized spacial score (nSPS) is 10.7. The topological polar surface area (TPSA) is 81.3 Å². The number of nitrogens with one attached hydrogen (secondary N) is 1. The minimum atomic E-state index is -0.663. The second kappa shape index (κ2) is 5.20. The number of pyridine rings is 1. The fraction of sp³-hybridized carbons (Fsp3) is 0.143. The first-order valence-corrected chi connectivity index (χ1v) is 6.39. The number of aromatic nitrogens is 4. The van der Waals surface area contributed by atoms with Crippen molar-refractivity contribution in [2.75, 3.05) is 0 Å². The van der Waals surface area contributed by atoms with Crippen molar-refractivity contribution in [2.24, 2.45) is 7.05 Å². The summed E-state index contributed by atoms with van der Waals surface area (Å²) in [5, 5.41) is 10.5. The number of hydrogen-bond acceptors (Lipinski definition) is 4. The lowest BCUT2D eigenvalue weighted by Gasteiger charge is -2.04. The average Bonchev–Trinajstić information content (AvgIpc) is 3.10.